The molecule has 4 heteroatoms. The van der Waals surface area contributed by atoms with Crippen molar-refractivity contribution < 1.29 is 9.18 Å². The zero-order valence-corrected chi connectivity index (χ0v) is 13.6. The second-order valence-corrected chi connectivity index (χ2v) is 7.57. The molecule has 0 aliphatic heterocycles. The molecule has 0 saturated heterocycles. The predicted molar refractivity (Wildman–Crippen MR) is 88.9 cm³/mol. The van der Waals surface area contributed by atoms with Crippen molar-refractivity contribution in [3.05, 3.63) is 41.8 Å². The van der Waals surface area contributed by atoms with Gasteiger partial charge in [0, 0.05) is 18.0 Å². The fourth-order valence-electron chi connectivity index (χ4n) is 4.89. The Labute approximate surface area is 140 Å². The highest BCUT2D eigenvalue weighted by molar-refractivity contribution is 6.63. The van der Waals surface area contributed by atoms with E-state index in [0.717, 1.165) is 36.6 Å². The summed E-state index contributed by atoms with van der Waals surface area (Å²) in [5.74, 6) is 2.09. The highest BCUT2D eigenvalue weighted by Crippen LogP contribution is 2.53. The second-order valence-electron chi connectivity index (χ2n) is 7.15. The van der Waals surface area contributed by atoms with Crippen LogP contribution in [0.2, 0.25) is 0 Å². The number of aromatic nitrogens is 1. The molecule has 3 unspecified atom stereocenters. The minimum Gasteiger partial charge on any atom is -0.281 e. The van der Waals surface area contributed by atoms with Crippen LogP contribution in [0.3, 0.4) is 0 Å². The van der Waals surface area contributed by atoms with Gasteiger partial charge >= 0.3 is 0 Å². The van der Waals surface area contributed by atoms with Crippen LogP contribution < -0.4 is 0 Å². The maximum Gasteiger partial charge on any atom is 0.221 e. The van der Waals surface area contributed by atoms with Crippen LogP contribution in [0.1, 0.15) is 43.6 Å². The van der Waals surface area contributed by atoms with Crippen molar-refractivity contribution in [2.75, 3.05) is 0 Å². The largest absolute Gasteiger partial charge is 0.281 e. The van der Waals surface area contributed by atoms with Gasteiger partial charge in [0.2, 0.25) is 5.24 Å². The van der Waals surface area contributed by atoms with Gasteiger partial charge in [-0.05, 0) is 90.8 Å². The normalized spacial score (nSPS) is 29.8. The quantitative estimate of drug-likeness (QED) is 0.737. The van der Waals surface area contributed by atoms with E-state index < -0.39 is 0 Å². The number of nitrogens with zero attached hydrogens (tertiary/aromatic N) is 1. The third-order valence-corrected chi connectivity index (χ3v) is 5.89. The van der Waals surface area contributed by atoms with Crippen molar-refractivity contribution in [3.63, 3.8) is 0 Å². The number of fused-ring (bicyclic) bond motifs is 2. The Balaban J connectivity index is 1.56. The highest BCUT2D eigenvalue weighted by Gasteiger charge is 2.42. The molecule has 2 nitrogen and oxygen atoms in total. The van der Waals surface area contributed by atoms with Crippen LogP contribution in [0.25, 0.3) is 10.9 Å². The first kappa shape index (κ1) is 15.1. The predicted octanol–water partition coefficient (Wildman–Crippen LogP) is 5.05. The minimum absolute atomic E-state index is 0.203. The Bertz CT molecular complexity index is 748. The van der Waals surface area contributed by atoms with Gasteiger partial charge in [0.1, 0.15) is 5.82 Å². The molecular formula is C19H19ClFNO. The van der Waals surface area contributed by atoms with Gasteiger partial charge in [0.25, 0.3) is 0 Å². The summed E-state index contributed by atoms with van der Waals surface area (Å²) >= 11 is 5.54. The van der Waals surface area contributed by atoms with Crippen LogP contribution in [0.4, 0.5) is 4.39 Å². The molecule has 2 fully saturated rings. The molecule has 0 amide bonds. The second kappa shape index (κ2) is 5.86. The summed E-state index contributed by atoms with van der Waals surface area (Å²) in [6.07, 6.45) is 6.83. The van der Waals surface area contributed by atoms with Crippen molar-refractivity contribution in [2.45, 2.75) is 38.0 Å². The molecule has 4 atom stereocenters. The number of hydrogen-bond acceptors (Lipinski definition) is 2. The maximum absolute atomic E-state index is 13.6. The summed E-state index contributed by atoms with van der Waals surface area (Å²) < 4.78 is 13.6. The van der Waals surface area contributed by atoms with Crippen LogP contribution in [0.5, 0.6) is 0 Å². The topological polar surface area (TPSA) is 30.0 Å². The third kappa shape index (κ3) is 2.87. The lowest BCUT2D eigenvalue weighted by molar-refractivity contribution is -0.112. The maximum atomic E-state index is 13.6. The highest BCUT2D eigenvalue weighted by atomic mass is 35.5. The summed E-state index contributed by atoms with van der Waals surface area (Å²) in [5, 5.41) is 0.743. The fraction of sp³-hybridized carbons (Fsp3) is 0.474. The van der Waals surface area contributed by atoms with Crippen LogP contribution in [0, 0.1) is 23.6 Å². The molecule has 1 aromatic carbocycles. The fourth-order valence-corrected chi connectivity index (χ4v) is 5.10. The Morgan fingerprint density at radius 1 is 1.17 bits per heavy atom. The lowest BCUT2D eigenvalue weighted by Crippen LogP contribution is -2.04. The average molecular weight is 332 g/mol. The van der Waals surface area contributed by atoms with Crippen molar-refractivity contribution in [1.82, 2.24) is 4.98 Å². The first-order chi connectivity index (χ1) is 11.1. The SMILES string of the molecule is O=C(Cl)CC1CC2CC(c3ccnc4ccc(F)cc34)C[C@@H]2C1. The number of benzene rings is 1. The molecule has 23 heavy (non-hydrogen) atoms. The van der Waals surface area contributed by atoms with Crippen LogP contribution >= 0.6 is 11.6 Å². The lowest BCUT2D eigenvalue weighted by Gasteiger charge is -2.16. The van der Waals surface area contributed by atoms with Gasteiger partial charge in [-0.3, -0.25) is 9.78 Å². The summed E-state index contributed by atoms with van der Waals surface area (Å²) in [4.78, 5) is 15.5. The number of rotatable bonds is 3. The lowest BCUT2D eigenvalue weighted by atomic mass is 9.90. The summed E-state index contributed by atoms with van der Waals surface area (Å²) in [6, 6.07) is 6.89. The molecule has 1 heterocycles. The summed E-state index contributed by atoms with van der Waals surface area (Å²) in [5.41, 5.74) is 2.10. The number of hydrogen-bond donors (Lipinski definition) is 0. The average Bonchev–Trinajstić information content (AvgIpc) is 3.04. The van der Waals surface area contributed by atoms with E-state index >= 15 is 0 Å². The zero-order chi connectivity index (χ0) is 16.0. The Morgan fingerprint density at radius 3 is 2.61 bits per heavy atom. The Kier molecular flexibility index (Phi) is 3.84. The standard InChI is InChI=1S/C19H19ClFNO/c20-19(23)7-11-5-12-8-14(9-13(12)6-11)16-3-4-22-18-2-1-15(21)10-17(16)18/h1-4,10-14H,5-9H2/t11?,12-,13?,14?/m0/s1. The van der Waals surface area contributed by atoms with E-state index in [0.29, 0.717) is 30.1 Å². The first-order valence-corrected chi connectivity index (χ1v) is 8.70. The van der Waals surface area contributed by atoms with Crippen LogP contribution in [0.15, 0.2) is 30.5 Å². The molecule has 2 aliphatic rings. The molecule has 0 spiro atoms. The van der Waals surface area contributed by atoms with E-state index in [-0.39, 0.29) is 11.1 Å². The van der Waals surface area contributed by atoms with Gasteiger partial charge < -0.3 is 0 Å². The van der Waals surface area contributed by atoms with E-state index in [4.69, 9.17) is 11.6 Å². The minimum atomic E-state index is -0.206. The number of pyridine rings is 1. The molecule has 2 aliphatic carbocycles. The van der Waals surface area contributed by atoms with Crippen molar-refractivity contribution >= 4 is 27.7 Å². The van der Waals surface area contributed by atoms with Gasteiger partial charge in [0.15, 0.2) is 0 Å². The van der Waals surface area contributed by atoms with Crippen molar-refractivity contribution in [1.29, 1.82) is 0 Å². The number of halogens is 2. The van der Waals surface area contributed by atoms with E-state index in [1.807, 2.05) is 12.3 Å². The summed E-state index contributed by atoms with van der Waals surface area (Å²) in [7, 11) is 0. The molecule has 2 saturated carbocycles. The van der Waals surface area contributed by atoms with E-state index in [9.17, 15) is 9.18 Å². The Hall–Kier alpha value is -1.48. The van der Waals surface area contributed by atoms with E-state index in [1.54, 1.807) is 12.1 Å². The van der Waals surface area contributed by atoms with Gasteiger partial charge in [-0.2, -0.15) is 0 Å². The van der Waals surface area contributed by atoms with Crippen LogP contribution in [-0.4, -0.2) is 10.2 Å². The molecule has 2 aromatic rings. The van der Waals surface area contributed by atoms with E-state index in [2.05, 4.69) is 4.98 Å². The van der Waals surface area contributed by atoms with Gasteiger partial charge in [-0.1, -0.05) is 0 Å². The van der Waals surface area contributed by atoms with Gasteiger partial charge in [0.05, 0.1) is 5.52 Å². The van der Waals surface area contributed by atoms with Crippen molar-refractivity contribution in [2.24, 2.45) is 17.8 Å². The first-order valence-electron chi connectivity index (χ1n) is 8.32. The van der Waals surface area contributed by atoms with Crippen molar-refractivity contribution in [3.8, 4) is 0 Å². The number of carbonyl (C=O) groups is 1. The molecule has 120 valence electrons. The molecule has 1 aromatic heterocycles. The molecule has 0 bridgehead atoms. The molecule has 4 rings (SSSR count). The Morgan fingerprint density at radius 2 is 1.91 bits per heavy atom. The van der Waals surface area contributed by atoms with Gasteiger partial charge in [-0.15, -0.1) is 0 Å². The molecule has 0 radical (unpaired) electrons. The third-order valence-electron chi connectivity index (χ3n) is 5.74. The smallest absolute Gasteiger partial charge is 0.221 e. The van der Waals surface area contributed by atoms with Crippen LogP contribution in [-0.2, 0) is 4.79 Å². The zero-order valence-electron chi connectivity index (χ0n) is 12.8. The van der Waals surface area contributed by atoms with Gasteiger partial charge in [-0.25, -0.2) is 4.39 Å². The molecule has 0 N–H and O–H groups in total. The van der Waals surface area contributed by atoms with E-state index in [1.165, 1.54) is 11.6 Å². The molecular weight excluding hydrogens is 313 g/mol. The monoisotopic (exact) mass is 331 g/mol. The number of carbonyl (C=O) groups excluding carboxylic acids is 1. The summed E-state index contributed by atoms with van der Waals surface area (Å²) in [6.45, 7) is 0.